The van der Waals surface area contributed by atoms with Gasteiger partial charge in [-0.05, 0) is 108 Å². The van der Waals surface area contributed by atoms with Gasteiger partial charge in [-0.2, -0.15) is 5.10 Å². The number of piperidine rings is 1. The summed E-state index contributed by atoms with van der Waals surface area (Å²) >= 11 is 0. The molecule has 5 aliphatic heterocycles. The molecule has 468 valence electrons. The van der Waals surface area contributed by atoms with Gasteiger partial charge in [0.2, 0.25) is 0 Å². The van der Waals surface area contributed by atoms with Crippen LogP contribution in [0.3, 0.4) is 0 Å². The Kier molecular flexibility index (Phi) is 17.2. The van der Waals surface area contributed by atoms with Gasteiger partial charge in [0.25, 0.3) is 17.2 Å². The lowest BCUT2D eigenvalue weighted by atomic mass is 9.78. The van der Waals surface area contributed by atoms with Crippen LogP contribution < -0.4 is 20.5 Å². The smallest absolute Gasteiger partial charge is 0.341 e. The van der Waals surface area contributed by atoms with Gasteiger partial charge in [0.05, 0.1) is 70.4 Å². The highest BCUT2D eigenvalue weighted by atomic mass is 19.1. The van der Waals surface area contributed by atoms with E-state index in [1.54, 1.807) is 39.8 Å². The van der Waals surface area contributed by atoms with Crippen LogP contribution in [-0.4, -0.2) is 157 Å². The highest BCUT2D eigenvalue weighted by Crippen LogP contribution is 2.56. The van der Waals surface area contributed by atoms with Crippen LogP contribution in [0.25, 0.3) is 16.3 Å². The Morgan fingerprint density at radius 3 is 2.22 bits per heavy atom. The first-order valence-electron chi connectivity index (χ1n) is 30.1. The molecule has 10 atom stereocenters. The van der Waals surface area contributed by atoms with Crippen molar-refractivity contribution in [2.24, 2.45) is 34.7 Å². The minimum atomic E-state index is -2.11. The molecule has 0 radical (unpaired) electrons. The van der Waals surface area contributed by atoms with Crippen molar-refractivity contribution in [1.29, 1.82) is 0 Å². The van der Waals surface area contributed by atoms with Crippen molar-refractivity contribution in [3.63, 3.8) is 0 Å². The number of nitrogens with zero attached hydrogens (tertiary/aromatic N) is 5. The molecule has 4 aromatic rings. The number of aliphatic hydroxyl groups is 2. The fourth-order valence-corrected chi connectivity index (χ4v) is 14.2. The molecule has 2 aliphatic carbocycles. The fraction of sp³-hybridized carbons (Fsp3) is 0.538. The van der Waals surface area contributed by atoms with Gasteiger partial charge in [-0.15, -0.1) is 0 Å². The number of allylic oxidation sites excluding steroid dienone is 2. The van der Waals surface area contributed by atoms with Gasteiger partial charge in [0, 0.05) is 98.9 Å². The zero-order chi connectivity index (χ0) is 63.0. The van der Waals surface area contributed by atoms with Crippen LogP contribution in [0.1, 0.15) is 142 Å². The summed E-state index contributed by atoms with van der Waals surface area (Å²) in [5.41, 5.74) is 0.593. The Hall–Kier alpha value is -7.53. The number of ketones is 1. The van der Waals surface area contributed by atoms with Crippen LogP contribution in [0.2, 0.25) is 0 Å². The number of methoxy groups -OCH3 is 1. The number of pyridine rings is 2. The number of aryl methyl sites for hydroxylation is 1. The molecule has 5 bridgehead atoms. The third kappa shape index (κ3) is 11.2. The van der Waals surface area contributed by atoms with Crippen LogP contribution >= 0.6 is 0 Å². The quantitative estimate of drug-likeness (QED) is 0.0341. The average Bonchev–Trinajstić information content (AvgIpc) is 1.69. The predicted octanol–water partition coefficient (Wildman–Crippen LogP) is 8.18. The Bertz CT molecular complexity index is 3640. The number of phenols is 3. The Labute approximate surface area is 504 Å². The lowest BCUT2D eigenvalue weighted by Gasteiger charge is -2.42. The number of Topliss-reactive ketones (excluding diaryl/α,β-unsaturated/α-hetero) is 1. The predicted molar refractivity (Wildman–Crippen MR) is 323 cm³/mol. The number of esters is 1. The number of carbonyl (C=O) groups is 4. The van der Waals surface area contributed by atoms with Crippen LogP contribution in [0, 0.1) is 49.3 Å². The fourth-order valence-electron chi connectivity index (χ4n) is 14.2. The maximum absolute atomic E-state index is 16.3. The number of aliphatic hydroxyl groups excluding tert-OH is 2. The number of anilines is 2. The monoisotopic (exact) mass is 1200 g/mol. The molecule has 1 amide bonds. The van der Waals surface area contributed by atoms with E-state index in [1.165, 1.54) is 69.9 Å². The summed E-state index contributed by atoms with van der Waals surface area (Å²) in [6.45, 7) is 16.5. The Morgan fingerprint density at radius 1 is 0.897 bits per heavy atom. The molecule has 87 heavy (non-hydrogen) atoms. The number of aromatic carboxylic acids is 1. The molecule has 22 heteroatoms. The molecule has 2 saturated carbocycles. The van der Waals surface area contributed by atoms with Gasteiger partial charge >= 0.3 is 17.7 Å². The molecular formula is C65H81FN6O15. The van der Waals surface area contributed by atoms with Gasteiger partial charge in [0.15, 0.2) is 11.6 Å². The largest absolute Gasteiger partial charge is 0.507 e. The van der Waals surface area contributed by atoms with Crippen molar-refractivity contribution in [1.82, 2.24) is 14.3 Å². The van der Waals surface area contributed by atoms with Crippen LogP contribution in [0.15, 0.2) is 58.3 Å². The first kappa shape index (κ1) is 62.5. The number of halogens is 1. The lowest BCUT2D eigenvalue weighted by Crippen LogP contribution is -2.50. The number of phenolic OH excluding ortho intramolecular Hbond substituents is 3. The molecule has 7 N–H and O–H groups in total. The van der Waals surface area contributed by atoms with E-state index in [4.69, 9.17) is 24.0 Å². The molecule has 2 aromatic carbocycles. The molecular weight excluding hydrogens is 1120 g/mol. The Balaban J connectivity index is 0.932. The highest BCUT2D eigenvalue weighted by Gasteiger charge is 2.56. The number of ether oxygens (including phenoxy) is 4. The number of hydrogen-bond donors (Lipinski definition) is 7. The highest BCUT2D eigenvalue weighted by molar-refractivity contribution is 6.24. The van der Waals surface area contributed by atoms with E-state index in [-0.39, 0.29) is 73.5 Å². The molecule has 11 rings (SSSR count). The number of rotatable bonds is 10. The van der Waals surface area contributed by atoms with Gasteiger partial charge in [-0.25, -0.2) is 9.18 Å². The number of nitrogens with one attached hydrogen (secondary N) is 1. The summed E-state index contributed by atoms with van der Waals surface area (Å²) in [7, 11) is 3.58. The van der Waals surface area contributed by atoms with Crippen molar-refractivity contribution >= 4 is 57.5 Å². The van der Waals surface area contributed by atoms with Gasteiger partial charge in [-0.3, -0.25) is 33.5 Å². The van der Waals surface area contributed by atoms with Crippen molar-refractivity contribution in [3.8, 4) is 23.0 Å². The summed E-state index contributed by atoms with van der Waals surface area (Å²) in [6, 6.07) is 1.62. The molecule has 7 aliphatic rings. The number of carboxylic acids is 1. The second-order valence-corrected chi connectivity index (χ2v) is 25.3. The summed E-state index contributed by atoms with van der Waals surface area (Å²) in [6.07, 6.45) is 11.7. The van der Waals surface area contributed by atoms with Crippen molar-refractivity contribution in [3.05, 3.63) is 98.0 Å². The minimum absolute atomic E-state index is 0.0215. The second kappa shape index (κ2) is 23.9. The number of benzene rings is 2. The number of aromatic nitrogens is 1. The summed E-state index contributed by atoms with van der Waals surface area (Å²) < 4.78 is 41.4. The molecule has 1 unspecified atom stereocenters. The van der Waals surface area contributed by atoms with Crippen molar-refractivity contribution < 1.29 is 73.2 Å². The van der Waals surface area contributed by atoms with Crippen molar-refractivity contribution in [2.45, 2.75) is 155 Å². The van der Waals surface area contributed by atoms with Crippen LogP contribution in [-0.2, 0) is 23.8 Å². The molecule has 21 nitrogen and oxygen atoms in total. The van der Waals surface area contributed by atoms with E-state index in [1.807, 2.05) is 11.9 Å². The molecule has 2 aromatic heterocycles. The number of aromatic hydroxyl groups is 3. The zero-order valence-corrected chi connectivity index (χ0v) is 51.2. The van der Waals surface area contributed by atoms with E-state index >= 15 is 4.39 Å². The Morgan fingerprint density at radius 2 is 1.59 bits per heavy atom. The molecule has 4 fully saturated rings. The van der Waals surface area contributed by atoms with Crippen LogP contribution in [0.5, 0.6) is 23.0 Å². The van der Waals surface area contributed by atoms with Gasteiger partial charge in [-0.1, -0.05) is 45.9 Å². The minimum Gasteiger partial charge on any atom is -0.507 e. The van der Waals surface area contributed by atoms with E-state index in [0.717, 1.165) is 43.9 Å². The van der Waals surface area contributed by atoms with E-state index in [2.05, 4.69) is 22.2 Å². The lowest BCUT2D eigenvalue weighted by molar-refractivity contribution is -0.160. The number of carbonyl (C=O) groups excluding carboxylic acids is 3. The summed E-state index contributed by atoms with van der Waals surface area (Å²) in [5.74, 6) is -10.4. The number of carboxylic acid groups (broad SMARTS) is 1. The first-order valence-corrected chi connectivity index (χ1v) is 30.1. The molecule has 7 heterocycles. The van der Waals surface area contributed by atoms with E-state index in [0.29, 0.717) is 55.8 Å². The normalized spacial score (nSPS) is 29.6. The zero-order valence-electron chi connectivity index (χ0n) is 51.2. The van der Waals surface area contributed by atoms with Gasteiger partial charge in [0.1, 0.15) is 28.9 Å². The maximum Gasteiger partial charge on any atom is 0.341 e. The molecule has 2 saturated heterocycles. The van der Waals surface area contributed by atoms with E-state index in [9.17, 15) is 54.6 Å². The topological polar surface area (TPSA) is 282 Å². The standard InChI is InChI=1S/C65H81FN6O15/c1-31-13-12-14-32(2)61(80)68-50-44(56(77)47-48(57(50)78)55(76)37(7)59-49(47)60(79)64(9,87-59)85-26-20-46(84-11)33(3)58(86-38(8)73)36(6)54(75)35(5)53(31)74)28-67-71-24-18-41(19-25-71)69(10)65(21-22-65)40-17-23-70(29-40)52-34(4)51-42(39-15-16-39)27-43(63(82)83)62(81)72(51)30-45(52)66/h12-14,20,26-28,30-31,33,35-36,39-41,46,53-54,58,74-78H,15-19,21-25,29H2,1-11H3,(H,68,80)(H,82,83)/b13-12+,26-20+,32-14-,67-28+/t31-,33-,35-,36-,40?,46+,53+,54-,58-,64+/m1/s1. The van der Waals surface area contributed by atoms with Crippen molar-refractivity contribution in [2.75, 3.05) is 50.6 Å². The second-order valence-electron chi connectivity index (χ2n) is 25.3. The summed E-state index contributed by atoms with van der Waals surface area (Å²) in [5, 5.41) is 78.5. The number of amides is 1. The first-order chi connectivity index (χ1) is 41.2. The average molecular weight is 1210 g/mol. The number of fused-ring (bicyclic) bond motifs is 15. The van der Waals surface area contributed by atoms with E-state index < -0.39 is 106 Å². The maximum atomic E-state index is 16.3. The van der Waals surface area contributed by atoms with Gasteiger partial charge < -0.3 is 59.8 Å². The molecule has 0 spiro atoms. The third-order valence-electron chi connectivity index (χ3n) is 19.8. The third-order valence-corrected chi connectivity index (χ3v) is 19.8. The summed E-state index contributed by atoms with van der Waals surface area (Å²) in [4.78, 5) is 71.4. The number of hydrazone groups is 1. The number of hydrogen-bond acceptors (Lipinski definition) is 18. The SMILES string of the molecule is CO[C@H]1/C=C/O[C@@]2(C)Oc3c(C)c(O)c4c(O)c(c(/C=N/N5CCC(N(C)C6(C7CCN(c8c(F)cn9c(=O)c(C(=O)O)cc(C%10CC%10)c9c8C)C7)CC6)CC5)c(O)c4c3C2=O)NC(=O)/C(C)=C\C=C\[C@@H](C)[C@H](O)[C@@H](C)[C@@H](O)[C@@H](C)[C@H](OC(C)=O)[C@@H]1C. The van der Waals surface area contributed by atoms with Crippen LogP contribution in [0.4, 0.5) is 15.8 Å².